The molecule has 0 N–H and O–H groups in total. The Hall–Kier alpha value is -4.64. The molecule has 0 atom stereocenters. The van der Waals surface area contributed by atoms with E-state index in [1.54, 1.807) is 20.1 Å². The number of rotatable bonds is 7. The Morgan fingerprint density at radius 1 is 0.919 bits per heavy atom. The molecule has 0 fully saturated rings. The summed E-state index contributed by atoms with van der Waals surface area (Å²) in [5, 5.41) is 7.16. The van der Waals surface area contributed by atoms with Crippen molar-refractivity contribution >= 4 is 22.3 Å². The molecule has 5 nitrogen and oxygen atoms in total. The number of esters is 1. The van der Waals surface area contributed by atoms with Crippen LogP contribution in [0.2, 0.25) is 0 Å². The minimum Gasteiger partial charge on any atom is -0.497 e. The Balaban J connectivity index is 1.74. The van der Waals surface area contributed by atoms with E-state index in [0.717, 1.165) is 39.0 Å². The third-order valence-electron chi connectivity index (χ3n) is 6.28. The Morgan fingerprint density at radius 3 is 2.38 bits per heavy atom. The first-order valence-corrected chi connectivity index (χ1v) is 12.3. The molecule has 0 saturated carbocycles. The van der Waals surface area contributed by atoms with Gasteiger partial charge in [0.05, 0.1) is 30.8 Å². The van der Waals surface area contributed by atoms with Crippen molar-refractivity contribution < 1.29 is 14.3 Å². The zero-order valence-corrected chi connectivity index (χ0v) is 21.1. The largest absolute Gasteiger partial charge is 0.497 e. The Bertz CT molecular complexity index is 1570. The second-order valence-corrected chi connectivity index (χ2v) is 8.73. The van der Waals surface area contributed by atoms with Crippen molar-refractivity contribution in [2.75, 3.05) is 13.7 Å². The maximum absolute atomic E-state index is 12.7. The molecule has 0 aliphatic rings. The lowest BCUT2D eigenvalue weighted by atomic mass is 9.95. The summed E-state index contributed by atoms with van der Waals surface area (Å²) >= 11 is 0. The second kappa shape index (κ2) is 10.5. The van der Waals surface area contributed by atoms with Crippen molar-refractivity contribution in [3.05, 3.63) is 120 Å². The molecule has 0 spiro atoms. The van der Waals surface area contributed by atoms with Crippen LogP contribution >= 0.6 is 0 Å². The SMILES string of the molecule is CCOC(=O)/C=C(/c1cc(-c2ccc(C)cc2)n(-c2ccc(OC)cc2)n1)c1cccc2ccccc12. The average Bonchev–Trinajstić information content (AvgIpc) is 3.37. The van der Waals surface area contributed by atoms with Gasteiger partial charge in [0.25, 0.3) is 0 Å². The summed E-state index contributed by atoms with van der Waals surface area (Å²) in [5.74, 6) is 0.369. The van der Waals surface area contributed by atoms with Gasteiger partial charge < -0.3 is 9.47 Å². The summed E-state index contributed by atoms with van der Waals surface area (Å²) < 4.78 is 12.6. The highest BCUT2D eigenvalue weighted by Crippen LogP contribution is 2.33. The van der Waals surface area contributed by atoms with Crippen LogP contribution in [-0.2, 0) is 9.53 Å². The van der Waals surface area contributed by atoms with Gasteiger partial charge in [-0.1, -0.05) is 72.3 Å². The number of carbonyl (C=O) groups is 1. The smallest absolute Gasteiger partial charge is 0.331 e. The van der Waals surface area contributed by atoms with Gasteiger partial charge in [-0.05, 0) is 60.5 Å². The molecule has 5 heteroatoms. The van der Waals surface area contributed by atoms with Gasteiger partial charge in [-0.2, -0.15) is 5.10 Å². The standard InChI is InChI=1S/C32H28N2O3/c1-4-37-32(35)20-29(28-11-7-9-23-8-5-6-10-27(23)28)30-21-31(24-14-12-22(2)13-15-24)34(33-30)25-16-18-26(36-3)19-17-25/h5-21H,4H2,1-3H3/b29-20+. The lowest BCUT2D eigenvalue weighted by molar-refractivity contribution is -0.137. The number of nitrogens with zero attached hydrogens (tertiary/aromatic N) is 2. The number of fused-ring (bicyclic) bond motifs is 1. The summed E-state index contributed by atoms with van der Waals surface area (Å²) in [6, 6.07) is 32.4. The predicted molar refractivity (Wildman–Crippen MR) is 148 cm³/mol. The van der Waals surface area contributed by atoms with Crippen molar-refractivity contribution in [3.8, 4) is 22.7 Å². The average molecular weight is 489 g/mol. The van der Waals surface area contributed by atoms with Crippen molar-refractivity contribution in [1.82, 2.24) is 9.78 Å². The molecule has 184 valence electrons. The molecule has 0 unspecified atom stereocenters. The number of aryl methyl sites for hydroxylation is 1. The van der Waals surface area contributed by atoms with Gasteiger partial charge >= 0.3 is 5.97 Å². The summed E-state index contributed by atoms with van der Waals surface area (Å²) in [4.78, 5) is 12.7. The molecular formula is C32H28N2O3. The van der Waals surface area contributed by atoms with Gasteiger partial charge in [-0.15, -0.1) is 0 Å². The van der Waals surface area contributed by atoms with Gasteiger partial charge in [0.2, 0.25) is 0 Å². The molecule has 0 aliphatic carbocycles. The van der Waals surface area contributed by atoms with E-state index in [2.05, 4.69) is 49.4 Å². The molecule has 0 amide bonds. The normalized spacial score (nSPS) is 11.5. The highest BCUT2D eigenvalue weighted by atomic mass is 16.5. The van der Waals surface area contributed by atoms with E-state index in [1.807, 2.05) is 59.3 Å². The van der Waals surface area contributed by atoms with Gasteiger partial charge in [-0.3, -0.25) is 0 Å². The quantitative estimate of drug-likeness (QED) is 0.183. The van der Waals surface area contributed by atoms with Crippen LogP contribution in [-0.4, -0.2) is 29.5 Å². The Kier molecular flexibility index (Phi) is 6.86. The fourth-order valence-corrected chi connectivity index (χ4v) is 4.41. The van der Waals surface area contributed by atoms with E-state index in [4.69, 9.17) is 14.6 Å². The van der Waals surface area contributed by atoms with Crippen LogP contribution in [0.15, 0.2) is 103 Å². The summed E-state index contributed by atoms with van der Waals surface area (Å²) in [6.07, 6.45) is 1.55. The van der Waals surface area contributed by atoms with Crippen LogP contribution in [0.5, 0.6) is 5.75 Å². The van der Waals surface area contributed by atoms with Crippen molar-refractivity contribution in [2.24, 2.45) is 0 Å². The van der Waals surface area contributed by atoms with E-state index >= 15 is 0 Å². The van der Waals surface area contributed by atoms with Crippen LogP contribution in [0.4, 0.5) is 0 Å². The Morgan fingerprint density at radius 2 is 1.65 bits per heavy atom. The lowest BCUT2D eigenvalue weighted by Gasteiger charge is -2.10. The molecule has 0 radical (unpaired) electrons. The second-order valence-electron chi connectivity index (χ2n) is 8.73. The van der Waals surface area contributed by atoms with Gasteiger partial charge in [0, 0.05) is 17.2 Å². The Labute approximate surface area is 216 Å². The number of aromatic nitrogens is 2. The first-order chi connectivity index (χ1) is 18.1. The fraction of sp³-hybridized carbons (Fsp3) is 0.125. The minimum absolute atomic E-state index is 0.299. The first-order valence-electron chi connectivity index (χ1n) is 12.3. The minimum atomic E-state index is -0.402. The zero-order valence-electron chi connectivity index (χ0n) is 21.1. The molecule has 5 rings (SSSR count). The first kappa shape index (κ1) is 24.1. The lowest BCUT2D eigenvalue weighted by Crippen LogP contribution is -2.03. The van der Waals surface area contributed by atoms with Crippen molar-refractivity contribution in [3.63, 3.8) is 0 Å². The predicted octanol–water partition coefficient (Wildman–Crippen LogP) is 7.00. The third-order valence-corrected chi connectivity index (χ3v) is 6.28. The summed E-state index contributed by atoms with van der Waals surface area (Å²) in [5.41, 5.74) is 6.30. The highest BCUT2D eigenvalue weighted by Gasteiger charge is 2.19. The number of hydrogen-bond donors (Lipinski definition) is 0. The highest BCUT2D eigenvalue weighted by molar-refractivity contribution is 6.03. The monoisotopic (exact) mass is 488 g/mol. The van der Waals surface area contributed by atoms with Crippen molar-refractivity contribution in [1.29, 1.82) is 0 Å². The van der Waals surface area contributed by atoms with Crippen LogP contribution < -0.4 is 4.74 Å². The van der Waals surface area contributed by atoms with Gasteiger partial charge in [-0.25, -0.2) is 9.48 Å². The summed E-state index contributed by atoms with van der Waals surface area (Å²) in [7, 11) is 1.65. The maximum Gasteiger partial charge on any atom is 0.331 e. The molecule has 37 heavy (non-hydrogen) atoms. The van der Waals surface area contributed by atoms with Gasteiger partial charge in [0.1, 0.15) is 5.75 Å². The van der Waals surface area contributed by atoms with E-state index in [-0.39, 0.29) is 0 Å². The van der Waals surface area contributed by atoms with Crippen molar-refractivity contribution in [2.45, 2.75) is 13.8 Å². The van der Waals surface area contributed by atoms with E-state index in [9.17, 15) is 4.79 Å². The number of hydrogen-bond acceptors (Lipinski definition) is 4. The molecule has 0 saturated heterocycles. The summed E-state index contributed by atoms with van der Waals surface area (Å²) in [6.45, 7) is 4.17. The molecule has 0 bridgehead atoms. The zero-order chi connectivity index (χ0) is 25.8. The van der Waals surface area contributed by atoms with E-state index in [1.165, 1.54) is 5.56 Å². The molecule has 1 aromatic heterocycles. The van der Waals surface area contributed by atoms with Crippen LogP contribution in [0.1, 0.15) is 23.7 Å². The number of carbonyl (C=O) groups excluding carboxylic acids is 1. The molecule has 1 heterocycles. The third kappa shape index (κ3) is 5.02. The topological polar surface area (TPSA) is 53.4 Å². The van der Waals surface area contributed by atoms with Crippen LogP contribution in [0.25, 0.3) is 33.3 Å². The van der Waals surface area contributed by atoms with E-state index < -0.39 is 5.97 Å². The fourth-order valence-electron chi connectivity index (χ4n) is 4.41. The maximum atomic E-state index is 12.7. The molecule has 5 aromatic rings. The van der Waals surface area contributed by atoms with Crippen LogP contribution in [0.3, 0.4) is 0 Å². The molecule has 4 aromatic carbocycles. The van der Waals surface area contributed by atoms with Crippen LogP contribution in [0, 0.1) is 6.92 Å². The molecule has 0 aliphatic heterocycles. The number of methoxy groups -OCH3 is 1. The van der Waals surface area contributed by atoms with E-state index in [0.29, 0.717) is 17.9 Å². The van der Waals surface area contributed by atoms with Gasteiger partial charge in [0.15, 0.2) is 0 Å². The molecular weight excluding hydrogens is 460 g/mol. The number of ether oxygens (including phenoxy) is 2. The number of benzene rings is 4.